The van der Waals surface area contributed by atoms with Crippen LogP contribution in [-0.4, -0.2) is 33.4 Å². The molecule has 0 spiro atoms. The van der Waals surface area contributed by atoms with Gasteiger partial charge in [0, 0.05) is 35.3 Å². The monoisotopic (exact) mass is 319 g/mol. The summed E-state index contributed by atoms with van der Waals surface area (Å²) in [4.78, 5) is 16.7. The molecule has 1 amide bonds. The Hall–Kier alpha value is -3.53. The van der Waals surface area contributed by atoms with Crippen LogP contribution in [-0.2, 0) is 0 Å². The highest BCUT2D eigenvalue weighted by atomic mass is 16.4. The van der Waals surface area contributed by atoms with Crippen molar-refractivity contribution in [2.75, 3.05) is 6.54 Å². The number of fused-ring (bicyclic) bond motifs is 1. The number of carbonyl (C=O) groups is 1. The molecule has 0 saturated carbocycles. The number of hydrogen-bond acceptors (Lipinski definition) is 4. The molecular formula is C17H13N5O2. The number of carboxylic acid groups (broad SMARTS) is 1. The molecule has 0 fully saturated rings. The van der Waals surface area contributed by atoms with Crippen molar-refractivity contribution in [3.05, 3.63) is 59.6 Å². The Labute approximate surface area is 137 Å². The molecule has 118 valence electrons. The number of hydrogen-bond donors (Lipinski definition) is 2. The van der Waals surface area contributed by atoms with Gasteiger partial charge in [-0.1, -0.05) is 18.2 Å². The molecule has 24 heavy (non-hydrogen) atoms. The van der Waals surface area contributed by atoms with Crippen LogP contribution in [0.3, 0.4) is 0 Å². The minimum Gasteiger partial charge on any atom is -0.465 e. The predicted molar refractivity (Wildman–Crippen MR) is 88.2 cm³/mol. The smallest absolute Gasteiger partial charge is 0.411 e. The van der Waals surface area contributed by atoms with E-state index in [1.165, 1.54) is 11.1 Å². The third-order valence-electron chi connectivity index (χ3n) is 4.13. The van der Waals surface area contributed by atoms with Gasteiger partial charge in [-0.3, -0.25) is 4.90 Å². The summed E-state index contributed by atoms with van der Waals surface area (Å²) in [5.74, 6) is 0. The number of nitriles is 1. The predicted octanol–water partition coefficient (Wildman–Crippen LogP) is 2.40. The van der Waals surface area contributed by atoms with Crippen molar-refractivity contribution in [3.63, 3.8) is 0 Å². The molecule has 7 heteroatoms. The number of aromatic nitrogens is 1. The summed E-state index contributed by atoms with van der Waals surface area (Å²) in [6.45, 7) is 0.264. The number of amides is 1. The molecule has 0 radical (unpaired) electrons. The van der Waals surface area contributed by atoms with Gasteiger partial charge in [-0.25, -0.2) is 9.79 Å². The molecule has 7 nitrogen and oxygen atoms in total. The molecule has 3 heterocycles. The van der Waals surface area contributed by atoms with Gasteiger partial charge >= 0.3 is 6.09 Å². The van der Waals surface area contributed by atoms with E-state index in [9.17, 15) is 10.1 Å². The lowest BCUT2D eigenvalue weighted by atomic mass is 10.1. The molecule has 2 aliphatic rings. The molecule has 2 aliphatic heterocycles. The number of rotatable bonds is 1. The van der Waals surface area contributed by atoms with E-state index in [0.717, 1.165) is 22.2 Å². The maximum atomic E-state index is 11.0. The standard InChI is InChI=1S/C17H13N5O2/c18-7-11-10-22(15-4-2-1-3-13(11)15)16-19-8-12-9-21(17(23)24)6-5-14(12)20-16/h1-6,8,10,16,20H,9H2,(H,23,24). The van der Waals surface area contributed by atoms with E-state index in [-0.39, 0.29) is 12.8 Å². The average molecular weight is 319 g/mol. The molecule has 4 rings (SSSR count). The maximum absolute atomic E-state index is 11.0. The van der Waals surface area contributed by atoms with Gasteiger partial charge in [-0.15, -0.1) is 0 Å². The van der Waals surface area contributed by atoms with Gasteiger partial charge in [0.2, 0.25) is 0 Å². The Bertz CT molecular complexity index is 977. The Kier molecular flexibility index (Phi) is 3.10. The van der Waals surface area contributed by atoms with Gasteiger partial charge in [0.05, 0.1) is 17.6 Å². The van der Waals surface area contributed by atoms with Crippen LogP contribution in [0.1, 0.15) is 11.9 Å². The number of nitrogens with one attached hydrogen (secondary N) is 1. The Morgan fingerprint density at radius 1 is 1.42 bits per heavy atom. The van der Waals surface area contributed by atoms with Gasteiger partial charge in [-0.2, -0.15) is 5.26 Å². The van der Waals surface area contributed by atoms with Crippen molar-refractivity contribution in [2.45, 2.75) is 6.29 Å². The minimum atomic E-state index is -0.997. The second kappa shape index (κ2) is 5.28. The fourth-order valence-electron chi connectivity index (χ4n) is 2.95. The molecule has 0 bridgehead atoms. The van der Waals surface area contributed by atoms with Crippen molar-refractivity contribution in [2.24, 2.45) is 4.99 Å². The van der Waals surface area contributed by atoms with E-state index in [4.69, 9.17) is 5.11 Å². The first-order valence-corrected chi connectivity index (χ1v) is 7.37. The van der Waals surface area contributed by atoms with Crippen LogP contribution in [0.4, 0.5) is 4.79 Å². The summed E-state index contributed by atoms with van der Waals surface area (Å²) in [5, 5.41) is 22.5. The van der Waals surface area contributed by atoms with Crippen LogP contribution in [0.5, 0.6) is 0 Å². The lowest BCUT2D eigenvalue weighted by Gasteiger charge is -2.29. The van der Waals surface area contributed by atoms with Gasteiger partial charge < -0.3 is 15.0 Å². The number of benzene rings is 1. The molecular weight excluding hydrogens is 306 g/mol. The Balaban J connectivity index is 1.68. The van der Waals surface area contributed by atoms with Crippen LogP contribution >= 0.6 is 0 Å². The zero-order chi connectivity index (χ0) is 16.7. The van der Waals surface area contributed by atoms with Crippen LogP contribution in [0, 0.1) is 11.3 Å². The van der Waals surface area contributed by atoms with Crippen LogP contribution < -0.4 is 5.32 Å². The molecule has 1 aromatic heterocycles. The average Bonchev–Trinajstić information content (AvgIpc) is 2.99. The summed E-state index contributed by atoms with van der Waals surface area (Å²) in [7, 11) is 0. The summed E-state index contributed by atoms with van der Waals surface area (Å²) in [6, 6.07) is 9.88. The zero-order valence-electron chi connectivity index (χ0n) is 12.5. The lowest BCUT2D eigenvalue weighted by molar-refractivity contribution is 0.165. The van der Waals surface area contributed by atoms with Crippen molar-refractivity contribution in [3.8, 4) is 6.07 Å². The normalized spacial score (nSPS) is 19.1. The number of nitrogens with zero attached hydrogens (tertiary/aromatic N) is 4. The van der Waals surface area contributed by atoms with E-state index >= 15 is 0 Å². The van der Waals surface area contributed by atoms with E-state index in [2.05, 4.69) is 16.4 Å². The topological polar surface area (TPSA) is 93.7 Å². The molecule has 1 aromatic carbocycles. The summed E-state index contributed by atoms with van der Waals surface area (Å²) < 4.78 is 1.91. The molecule has 2 N–H and O–H groups in total. The summed E-state index contributed by atoms with van der Waals surface area (Å²) in [6.07, 6.45) is 5.35. The van der Waals surface area contributed by atoms with E-state index in [1.54, 1.807) is 18.5 Å². The van der Waals surface area contributed by atoms with Crippen LogP contribution in [0.25, 0.3) is 10.9 Å². The number of allylic oxidation sites excluding steroid dienone is 1. The fraction of sp³-hybridized carbons (Fsp3) is 0.118. The summed E-state index contributed by atoms with van der Waals surface area (Å²) in [5.41, 5.74) is 3.16. The van der Waals surface area contributed by atoms with E-state index in [1.807, 2.05) is 28.8 Å². The quantitative estimate of drug-likeness (QED) is 0.844. The first kappa shape index (κ1) is 14.1. The first-order valence-electron chi connectivity index (χ1n) is 7.37. The van der Waals surface area contributed by atoms with Gasteiger partial charge in [0.25, 0.3) is 0 Å². The SMILES string of the molecule is N#Cc1cn(C2N=CC3=C(C=CN(C(=O)O)C3)N2)c2ccccc12. The highest BCUT2D eigenvalue weighted by molar-refractivity contribution is 5.87. The Morgan fingerprint density at radius 2 is 2.25 bits per heavy atom. The third-order valence-corrected chi connectivity index (χ3v) is 4.13. The number of para-hydroxylation sites is 1. The molecule has 0 aliphatic carbocycles. The second-order valence-corrected chi connectivity index (χ2v) is 5.54. The van der Waals surface area contributed by atoms with Gasteiger partial charge in [0.15, 0.2) is 6.29 Å². The lowest BCUT2D eigenvalue weighted by Crippen LogP contribution is -2.35. The Morgan fingerprint density at radius 3 is 3.04 bits per heavy atom. The van der Waals surface area contributed by atoms with Gasteiger partial charge in [0.1, 0.15) is 6.07 Å². The van der Waals surface area contributed by atoms with Crippen LogP contribution in [0.15, 0.2) is 59.0 Å². The van der Waals surface area contributed by atoms with Crippen molar-refractivity contribution < 1.29 is 9.90 Å². The molecule has 1 unspecified atom stereocenters. The van der Waals surface area contributed by atoms with Gasteiger partial charge in [-0.05, 0) is 12.1 Å². The first-order chi connectivity index (χ1) is 11.7. The minimum absolute atomic E-state index is 0.264. The second-order valence-electron chi connectivity index (χ2n) is 5.54. The highest BCUT2D eigenvalue weighted by Gasteiger charge is 2.23. The third kappa shape index (κ3) is 2.13. The molecule has 2 aromatic rings. The number of aliphatic imine (C=N–C) groups is 1. The van der Waals surface area contributed by atoms with E-state index < -0.39 is 6.09 Å². The van der Waals surface area contributed by atoms with Crippen LogP contribution in [0.2, 0.25) is 0 Å². The highest BCUT2D eigenvalue weighted by Crippen LogP contribution is 2.27. The summed E-state index contributed by atoms with van der Waals surface area (Å²) >= 11 is 0. The van der Waals surface area contributed by atoms with Crippen molar-refractivity contribution in [1.82, 2.24) is 14.8 Å². The van der Waals surface area contributed by atoms with Crippen molar-refractivity contribution >= 4 is 23.2 Å². The largest absolute Gasteiger partial charge is 0.465 e. The fourth-order valence-corrected chi connectivity index (χ4v) is 2.95. The zero-order valence-corrected chi connectivity index (χ0v) is 12.5. The molecule has 0 saturated heterocycles. The maximum Gasteiger partial charge on any atom is 0.411 e. The van der Waals surface area contributed by atoms with Crippen molar-refractivity contribution in [1.29, 1.82) is 5.26 Å². The molecule has 1 atom stereocenters. The van der Waals surface area contributed by atoms with E-state index in [0.29, 0.717) is 5.56 Å².